The minimum Gasteiger partial charge on any atom is -0.467 e. The molecular formula is C13H23NO2. The summed E-state index contributed by atoms with van der Waals surface area (Å²) in [6.45, 7) is 9.95. The number of rotatable bonds is 7. The molecule has 0 aliphatic carbocycles. The zero-order valence-electron chi connectivity index (χ0n) is 10.7. The summed E-state index contributed by atoms with van der Waals surface area (Å²) in [5, 5.41) is 3.45. The lowest BCUT2D eigenvalue weighted by Crippen LogP contribution is -2.27. The van der Waals surface area contributed by atoms with Crippen LogP contribution in [-0.4, -0.2) is 19.3 Å². The summed E-state index contributed by atoms with van der Waals surface area (Å²) >= 11 is 0. The molecule has 3 nitrogen and oxygen atoms in total. The van der Waals surface area contributed by atoms with Crippen LogP contribution in [0.4, 0.5) is 0 Å². The van der Waals surface area contributed by atoms with E-state index in [1.165, 1.54) is 5.56 Å². The molecule has 0 aliphatic heterocycles. The molecular weight excluding hydrogens is 202 g/mol. The molecule has 92 valence electrons. The van der Waals surface area contributed by atoms with Crippen LogP contribution in [0, 0.1) is 6.92 Å². The normalized spacial score (nSPS) is 13.3. The third-order valence-electron chi connectivity index (χ3n) is 2.46. The molecule has 1 heterocycles. The van der Waals surface area contributed by atoms with Gasteiger partial charge in [0.25, 0.3) is 0 Å². The van der Waals surface area contributed by atoms with Crippen molar-refractivity contribution in [1.29, 1.82) is 0 Å². The fourth-order valence-corrected chi connectivity index (χ4v) is 1.58. The zero-order valence-corrected chi connectivity index (χ0v) is 10.7. The fraction of sp³-hybridized carbons (Fsp3) is 0.692. The van der Waals surface area contributed by atoms with E-state index in [2.05, 4.69) is 19.2 Å². The van der Waals surface area contributed by atoms with Crippen molar-refractivity contribution in [3.8, 4) is 0 Å². The first kappa shape index (κ1) is 13.3. The van der Waals surface area contributed by atoms with E-state index in [4.69, 9.17) is 9.15 Å². The lowest BCUT2D eigenvalue weighted by Gasteiger charge is -2.18. The van der Waals surface area contributed by atoms with E-state index in [0.29, 0.717) is 6.61 Å². The van der Waals surface area contributed by atoms with Gasteiger partial charge in [-0.05, 0) is 45.4 Å². The number of nitrogens with one attached hydrogen (secondary N) is 1. The Morgan fingerprint density at radius 1 is 1.44 bits per heavy atom. The van der Waals surface area contributed by atoms with E-state index in [1.807, 2.05) is 19.9 Å². The molecule has 1 unspecified atom stereocenters. The summed E-state index contributed by atoms with van der Waals surface area (Å²) in [7, 11) is 0. The molecule has 3 heteroatoms. The standard InChI is InChI=1S/C13H23NO2/c1-5-7-14-12(9-16-10(2)3)13-11(4)6-8-15-13/h6,8,10,12,14H,5,7,9H2,1-4H3. The van der Waals surface area contributed by atoms with Gasteiger partial charge in [-0.3, -0.25) is 0 Å². The number of ether oxygens (including phenoxy) is 1. The van der Waals surface area contributed by atoms with Gasteiger partial charge in [-0.25, -0.2) is 0 Å². The number of furan rings is 1. The SMILES string of the molecule is CCCNC(COC(C)C)c1occc1C. The molecule has 0 saturated heterocycles. The summed E-state index contributed by atoms with van der Waals surface area (Å²) in [5.74, 6) is 0.995. The summed E-state index contributed by atoms with van der Waals surface area (Å²) < 4.78 is 11.2. The van der Waals surface area contributed by atoms with Crippen molar-refractivity contribution in [1.82, 2.24) is 5.32 Å². The van der Waals surface area contributed by atoms with Crippen molar-refractivity contribution in [3.05, 3.63) is 23.7 Å². The molecule has 16 heavy (non-hydrogen) atoms. The van der Waals surface area contributed by atoms with Crippen molar-refractivity contribution in [2.24, 2.45) is 0 Å². The van der Waals surface area contributed by atoms with Crippen molar-refractivity contribution in [2.45, 2.75) is 46.3 Å². The maximum atomic E-state index is 5.66. The summed E-state index contributed by atoms with van der Waals surface area (Å²) in [6.07, 6.45) is 3.10. The predicted molar refractivity (Wildman–Crippen MR) is 65.6 cm³/mol. The second kappa shape index (κ2) is 6.71. The zero-order chi connectivity index (χ0) is 12.0. The molecule has 0 aliphatic rings. The first-order chi connectivity index (χ1) is 7.65. The van der Waals surface area contributed by atoms with Crippen LogP contribution in [-0.2, 0) is 4.74 Å². The number of aryl methyl sites for hydroxylation is 1. The quantitative estimate of drug-likeness (QED) is 0.774. The van der Waals surface area contributed by atoms with E-state index < -0.39 is 0 Å². The van der Waals surface area contributed by atoms with Crippen LogP contribution >= 0.6 is 0 Å². The topological polar surface area (TPSA) is 34.4 Å². The Bertz CT molecular complexity index is 294. The Morgan fingerprint density at radius 2 is 2.19 bits per heavy atom. The fourth-order valence-electron chi connectivity index (χ4n) is 1.58. The second-order valence-electron chi connectivity index (χ2n) is 4.36. The number of hydrogen-bond donors (Lipinski definition) is 1. The summed E-state index contributed by atoms with van der Waals surface area (Å²) in [6, 6.07) is 2.16. The molecule has 1 N–H and O–H groups in total. The molecule has 0 amide bonds. The van der Waals surface area contributed by atoms with Crippen LogP contribution in [0.15, 0.2) is 16.7 Å². The average Bonchev–Trinajstić information content (AvgIpc) is 2.65. The Labute approximate surface area is 98.2 Å². The smallest absolute Gasteiger partial charge is 0.125 e. The monoisotopic (exact) mass is 225 g/mol. The lowest BCUT2D eigenvalue weighted by molar-refractivity contribution is 0.0566. The van der Waals surface area contributed by atoms with E-state index in [1.54, 1.807) is 6.26 Å². The first-order valence-electron chi connectivity index (χ1n) is 6.04. The minimum atomic E-state index is 0.164. The molecule has 0 spiro atoms. The van der Waals surface area contributed by atoms with E-state index in [-0.39, 0.29) is 12.1 Å². The largest absolute Gasteiger partial charge is 0.467 e. The van der Waals surface area contributed by atoms with Gasteiger partial charge in [0.2, 0.25) is 0 Å². The molecule has 0 bridgehead atoms. The van der Waals surface area contributed by atoms with Gasteiger partial charge in [0.1, 0.15) is 5.76 Å². The van der Waals surface area contributed by atoms with Crippen LogP contribution in [0.2, 0.25) is 0 Å². The minimum absolute atomic E-state index is 0.164. The van der Waals surface area contributed by atoms with E-state index in [0.717, 1.165) is 18.7 Å². The van der Waals surface area contributed by atoms with E-state index in [9.17, 15) is 0 Å². The van der Waals surface area contributed by atoms with Crippen molar-refractivity contribution in [3.63, 3.8) is 0 Å². The van der Waals surface area contributed by atoms with Crippen molar-refractivity contribution in [2.75, 3.05) is 13.2 Å². The van der Waals surface area contributed by atoms with Gasteiger partial charge in [0.15, 0.2) is 0 Å². The molecule has 0 saturated carbocycles. The third-order valence-corrected chi connectivity index (χ3v) is 2.46. The summed E-state index contributed by atoms with van der Waals surface area (Å²) in [5.41, 5.74) is 1.18. The van der Waals surface area contributed by atoms with Crippen LogP contribution in [0.1, 0.15) is 44.6 Å². The van der Waals surface area contributed by atoms with Gasteiger partial charge >= 0.3 is 0 Å². The van der Waals surface area contributed by atoms with Crippen molar-refractivity contribution < 1.29 is 9.15 Å². The highest BCUT2D eigenvalue weighted by atomic mass is 16.5. The van der Waals surface area contributed by atoms with Crippen LogP contribution < -0.4 is 5.32 Å². The maximum Gasteiger partial charge on any atom is 0.125 e. The van der Waals surface area contributed by atoms with E-state index >= 15 is 0 Å². The average molecular weight is 225 g/mol. The highest BCUT2D eigenvalue weighted by molar-refractivity contribution is 5.18. The van der Waals surface area contributed by atoms with Gasteiger partial charge in [0.05, 0.1) is 25.0 Å². The van der Waals surface area contributed by atoms with Gasteiger partial charge in [-0.1, -0.05) is 6.92 Å². The maximum absolute atomic E-state index is 5.66. The Kier molecular flexibility index (Phi) is 5.56. The Morgan fingerprint density at radius 3 is 2.69 bits per heavy atom. The Hall–Kier alpha value is -0.800. The third kappa shape index (κ3) is 3.99. The van der Waals surface area contributed by atoms with Crippen LogP contribution in [0.25, 0.3) is 0 Å². The van der Waals surface area contributed by atoms with Gasteiger partial charge < -0.3 is 14.5 Å². The lowest BCUT2D eigenvalue weighted by atomic mass is 10.1. The van der Waals surface area contributed by atoms with Crippen LogP contribution in [0.3, 0.4) is 0 Å². The molecule has 1 atom stereocenters. The highest BCUT2D eigenvalue weighted by Gasteiger charge is 2.16. The highest BCUT2D eigenvalue weighted by Crippen LogP contribution is 2.19. The predicted octanol–water partition coefficient (Wildman–Crippen LogP) is 3.05. The molecule has 0 radical (unpaired) electrons. The second-order valence-corrected chi connectivity index (χ2v) is 4.36. The molecule has 1 aromatic rings. The summed E-state index contributed by atoms with van der Waals surface area (Å²) in [4.78, 5) is 0. The van der Waals surface area contributed by atoms with Gasteiger partial charge in [0, 0.05) is 0 Å². The molecule has 1 rings (SSSR count). The molecule has 1 aromatic heterocycles. The molecule has 0 aromatic carbocycles. The van der Waals surface area contributed by atoms with Crippen molar-refractivity contribution >= 4 is 0 Å². The van der Waals surface area contributed by atoms with Crippen LogP contribution in [0.5, 0.6) is 0 Å². The van der Waals surface area contributed by atoms with Gasteiger partial charge in [-0.2, -0.15) is 0 Å². The van der Waals surface area contributed by atoms with Gasteiger partial charge in [-0.15, -0.1) is 0 Å². The molecule has 0 fully saturated rings. The Balaban J connectivity index is 2.60. The number of hydrogen-bond acceptors (Lipinski definition) is 3. The first-order valence-corrected chi connectivity index (χ1v) is 6.04.